The minimum Gasteiger partial charge on any atom is -0.357 e. The minimum absolute atomic E-state index is 0.263. The van der Waals surface area contributed by atoms with Gasteiger partial charge in [-0.15, -0.1) is 0 Å². The summed E-state index contributed by atoms with van der Waals surface area (Å²) in [4.78, 5) is 9.79. The van der Waals surface area contributed by atoms with Crippen molar-refractivity contribution >= 4 is 11.8 Å². The van der Waals surface area contributed by atoms with Crippen molar-refractivity contribution in [2.75, 3.05) is 24.3 Å². The maximum Gasteiger partial charge on any atom is 0.224 e. The first-order chi connectivity index (χ1) is 7.60. The molecule has 90 valence electrons. The van der Waals surface area contributed by atoms with Gasteiger partial charge in [-0.05, 0) is 13.3 Å². The maximum absolute atomic E-state index is 13.6. The van der Waals surface area contributed by atoms with Crippen LogP contribution < -0.4 is 10.2 Å². The van der Waals surface area contributed by atoms with E-state index < -0.39 is 0 Å². The van der Waals surface area contributed by atoms with Gasteiger partial charge in [0, 0.05) is 20.1 Å². The van der Waals surface area contributed by atoms with Crippen LogP contribution in [0.3, 0.4) is 0 Å². The van der Waals surface area contributed by atoms with E-state index in [1.165, 1.54) is 6.20 Å². The number of rotatable bonds is 5. The summed E-state index contributed by atoms with van der Waals surface area (Å²) in [6.07, 6.45) is 3.27. The summed E-state index contributed by atoms with van der Waals surface area (Å²) in [7, 11) is 3.57. The number of hydrogen-bond donors (Lipinski definition) is 1. The second-order valence-electron chi connectivity index (χ2n) is 3.86. The van der Waals surface area contributed by atoms with Crippen molar-refractivity contribution in [1.29, 1.82) is 0 Å². The first kappa shape index (κ1) is 12.7. The van der Waals surface area contributed by atoms with Crippen LogP contribution in [0.2, 0.25) is 0 Å². The standard InChI is InChI=1S/C11H19FN4/c1-5-6-8(2)16(4)10-9(12)7-14-11(13-3)15-10/h7-8H,5-6H2,1-4H3,(H,13,14,15). The normalized spacial score (nSPS) is 12.3. The molecule has 1 aromatic rings. The quantitative estimate of drug-likeness (QED) is 0.836. The molecule has 0 aliphatic carbocycles. The molecule has 1 atom stereocenters. The molecule has 16 heavy (non-hydrogen) atoms. The number of hydrogen-bond acceptors (Lipinski definition) is 4. The van der Waals surface area contributed by atoms with Gasteiger partial charge in [-0.2, -0.15) is 4.98 Å². The van der Waals surface area contributed by atoms with Crippen molar-refractivity contribution in [1.82, 2.24) is 9.97 Å². The summed E-state index contributed by atoms with van der Waals surface area (Å²) in [5.41, 5.74) is 0. The molecule has 0 bridgehead atoms. The van der Waals surface area contributed by atoms with Crippen LogP contribution in [0.4, 0.5) is 16.2 Å². The number of anilines is 2. The lowest BCUT2D eigenvalue weighted by molar-refractivity contribution is 0.570. The molecule has 5 heteroatoms. The van der Waals surface area contributed by atoms with Crippen molar-refractivity contribution in [3.8, 4) is 0 Å². The first-order valence-corrected chi connectivity index (χ1v) is 5.53. The fourth-order valence-corrected chi connectivity index (χ4v) is 1.55. The van der Waals surface area contributed by atoms with Crippen LogP contribution in [-0.2, 0) is 0 Å². The molecule has 4 nitrogen and oxygen atoms in total. The lowest BCUT2D eigenvalue weighted by atomic mass is 10.2. The Bertz CT molecular complexity index is 343. The predicted molar refractivity (Wildman–Crippen MR) is 64.3 cm³/mol. The van der Waals surface area contributed by atoms with Gasteiger partial charge in [0.2, 0.25) is 5.95 Å². The topological polar surface area (TPSA) is 41.1 Å². The Morgan fingerprint density at radius 3 is 2.81 bits per heavy atom. The summed E-state index contributed by atoms with van der Waals surface area (Å²) < 4.78 is 13.6. The third-order valence-electron chi connectivity index (χ3n) is 2.65. The fraction of sp³-hybridized carbons (Fsp3) is 0.636. The molecule has 1 aromatic heterocycles. The highest BCUT2D eigenvalue weighted by Gasteiger charge is 2.15. The lowest BCUT2D eigenvalue weighted by Gasteiger charge is -2.26. The molecule has 0 spiro atoms. The maximum atomic E-state index is 13.6. The van der Waals surface area contributed by atoms with Gasteiger partial charge in [0.1, 0.15) is 0 Å². The Kier molecular flexibility index (Phi) is 4.46. The summed E-state index contributed by atoms with van der Waals surface area (Å²) in [6, 6.07) is 0.263. The highest BCUT2D eigenvalue weighted by Crippen LogP contribution is 2.19. The second-order valence-corrected chi connectivity index (χ2v) is 3.86. The number of nitrogens with one attached hydrogen (secondary N) is 1. The van der Waals surface area contributed by atoms with E-state index in [4.69, 9.17) is 0 Å². The molecule has 1 heterocycles. The van der Waals surface area contributed by atoms with Gasteiger partial charge in [-0.1, -0.05) is 13.3 Å². The molecule has 0 aliphatic rings. The van der Waals surface area contributed by atoms with E-state index in [1.54, 1.807) is 7.05 Å². The molecule has 0 saturated heterocycles. The van der Waals surface area contributed by atoms with Crippen molar-refractivity contribution in [2.24, 2.45) is 0 Å². The average molecular weight is 226 g/mol. The lowest BCUT2D eigenvalue weighted by Crippen LogP contribution is -2.30. The van der Waals surface area contributed by atoms with Crippen LogP contribution in [0.25, 0.3) is 0 Å². The zero-order valence-corrected chi connectivity index (χ0v) is 10.3. The largest absolute Gasteiger partial charge is 0.357 e. The van der Waals surface area contributed by atoms with Crippen LogP contribution in [0.15, 0.2) is 6.20 Å². The van der Waals surface area contributed by atoms with E-state index >= 15 is 0 Å². The molecule has 0 radical (unpaired) electrons. The molecule has 0 aliphatic heterocycles. The Balaban J connectivity index is 2.92. The molecular formula is C11H19FN4. The fourth-order valence-electron chi connectivity index (χ4n) is 1.55. The number of aromatic nitrogens is 2. The highest BCUT2D eigenvalue weighted by atomic mass is 19.1. The first-order valence-electron chi connectivity index (χ1n) is 5.53. The monoisotopic (exact) mass is 226 g/mol. The predicted octanol–water partition coefficient (Wildman–Crippen LogP) is 2.28. The van der Waals surface area contributed by atoms with Crippen LogP contribution in [0.5, 0.6) is 0 Å². The van der Waals surface area contributed by atoms with E-state index in [0.717, 1.165) is 12.8 Å². The second kappa shape index (κ2) is 5.63. The van der Waals surface area contributed by atoms with Gasteiger partial charge in [0.25, 0.3) is 0 Å². The zero-order chi connectivity index (χ0) is 12.1. The van der Waals surface area contributed by atoms with Crippen LogP contribution in [-0.4, -0.2) is 30.1 Å². The third kappa shape index (κ3) is 2.81. The van der Waals surface area contributed by atoms with Crippen LogP contribution in [0.1, 0.15) is 26.7 Å². The van der Waals surface area contributed by atoms with Crippen molar-refractivity contribution < 1.29 is 4.39 Å². The van der Waals surface area contributed by atoms with Crippen molar-refractivity contribution in [3.05, 3.63) is 12.0 Å². The Hall–Kier alpha value is -1.39. The Morgan fingerprint density at radius 2 is 2.25 bits per heavy atom. The highest BCUT2D eigenvalue weighted by molar-refractivity contribution is 5.43. The summed E-state index contributed by atoms with van der Waals surface area (Å²) >= 11 is 0. The van der Waals surface area contributed by atoms with E-state index in [-0.39, 0.29) is 11.9 Å². The van der Waals surface area contributed by atoms with Crippen molar-refractivity contribution in [2.45, 2.75) is 32.7 Å². The number of nitrogens with zero attached hydrogens (tertiary/aromatic N) is 3. The molecule has 0 fully saturated rings. The van der Waals surface area contributed by atoms with Gasteiger partial charge in [-0.25, -0.2) is 9.37 Å². The minimum atomic E-state index is -0.385. The van der Waals surface area contributed by atoms with Crippen molar-refractivity contribution in [3.63, 3.8) is 0 Å². The molecule has 0 aromatic carbocycles. The molecular weight excluding hydrogens is 207 g/mol. The van der Waals surface area contributed by atoms with Gasteiger partial charge in [0.05, 0.1) is 6.20 Å². The molecule has 0 saturated carbocycles. The third-order valence-corrected chi connectivity index (χ3v) is 2.65. The molecule has 1 unspecified atom stereocenters. The summed E-state index contributed by atoms with van der Waals surface area (Å²) in [5.74, 6) is 0.400. The van der Waals surface area contributed by atoms with Gasteiger partial charge >= 0.3 is 0 Å². The molecule has 1 N–H and O–H groups in total. The molecule has 1 rings (SSSR count). The SMILES string of the molecule is CCCC(C)N(C)c1nc(NC)ncc1F. The van der Waals surface area contributed by atoms with Gasteiger partial charge in [-0.3, -0.25) is 0 Å². The van der Waals surface area contributed by atoms with Gasteiger partial charge < -0.3 is 10.2 Å². The zero-order valence-electron chi connectivity index (χ0n) is 10.3. The Morgan fingerprint density at radius 1 is 1.56 bits per heavy atom. The summed E-state index contributed by atoms with van der Waals surface area (Å²) in [5, 5.41) is 2.80. The van der Waals surface area contributed by atoms with E-state index in [1.807, 2.05) is 11.9 Å². The summed E-state index contributed by atoms with van der Waals surface area (Å²) in [6.45, 7) is 4.17. The average Bonchev–Trinajstić information content (AvgIpc) is 2.29. The van der Waals surface area contributed by atoms with Crippen LogP contribution in [0, 0.1) is 5.82 Å². The van der Waals surface area contributed by atoms with E-state index in [2.05, 4.69) is 29.1 Å². The number of halogens is 1. The van der Waals surface area contributed by atoms with Gasteiger partial charge in [0.15, 0.2) is 11.6 Å². The Labute approximate surface area is 95.9 Å². The van der Waals surface area contributed by atoms with E-state index in [0.29, 0.717) is 11.8 Å². The van der Waals surface area contributed by atoms with E-state index in [9.17, 15) is 4.39 Å². The van der Waals surface area contributed by atoms with Crippen LogP contribution >= 0.6 is 0 Å². The smallest absolute Gasteiger partial charge is 0.224 e. The molecule has 0 amide bonds.